The van der Waals surface area contributed by atoms with Gasteiger partial charge in [-0.15, -0.1) is 0 Å². The number of ether oxygens (including phenoxy) is 1. The van der Waals surface area contributed by atoms with Crippen LogP contribution in [0.15, 0.2) is 34.5 Å². The van der Waals surface area contributed by atoms with Crippen molar-refractivity contribution in [2.45, 2.75) is 58.7 Å². The fraction of sp³-hybridized carbons (Fsp3) is 0.500. The Morgan fingerprint density at radius 1 is 1.04 bits per heavy atom. The van der Waals surface area contributed by atoms with Crippen molar-refractivity contribution in [3.05, 3.63) is 39.9 Å². The predicted octanol–water partition coefficient (Wildman–Crippen LogP) is 3.13. The van der Waals surface area contributed by atoms with Gasteiger partial charge >= 0.3 is 0 Å². The number of hydrazone groups is 2. The van der Waals surface area contributed by atoms with Crippen LogP contribution in [-0.4, -0.2) is 33.3 Å². The van der Waals surface area contributed by atoms with Gasteiger partial charge in [-0.3, -0.25) is 15.5 Å². The van der Waals surface area contributed by atoms with Gasteiger partial charge in [-0.25, -0.2) is 0 Å². The molecule has 1 saturated heterocycles. The number of benzene rings is 1. The average Bonchev–Trinajstić information content (AvgIpc) is 2.85. The van der Waals surface area contributed by atoms with Crippen LogP contribution in [0, 0.1) is 15.5 Å². The lowest BCUT2D eigenvalue weighted by Crippen LogP contribution is -2.36. The Morgan fingerprint density at radius 3 is 2.04 bits per heavy atom. The molecule has 1 fully saturated rings. The molecule has 1 aromatic rings. The summed E-state index contributed by atoms with van der Waals surface area (Å²) in [7, 11) is 0. The van der Waals surface area contributed by atoms with Gasteiger partial charge in [-0.2, -0.15) is 10.2 Å². The van der Waals surface area contributed by atoms with Crippen molar-refractivity contribution in [1.82, 2.24) is 10.9 Å². The summed E-state index contributed by atoms with van der Waals surface area (Å²) in [5.41, 5.74) is 6.82. The third kappa shape index (κ3) is 5.50. The SMILES string of the molecule is CC(C)(C)N/N=C1/C(=N)O[C@@H](c2ccc([N+](=O)[O-])cc2)/C1=N/NC(C)(C)C. The van der Waals surface area contributed by atoms with Crippen molar-refractivity contribution in [2.75, 3.05) is 0 Å². The molecule has 0 aliphatic carbocycles. The molecule has 1 heterocycles. The van der Waals surface area contributed by atoms with Crippen molar-refractivity contribution in [2.24, 2.45) is 10.2 Å². The van der Waals surface area contributed by atoms with Crippen LogP contribution in [0.2, 0.25) is 0 Å². The maximum Gasteiger partial charge on any atom is 0.269 e. The standard InChI is InChI=1S/C18H26N6O3/c1-17(2,3)22-20-13-14(21-23-18(4,5)6)16(19)27-15(13)11-7-9-12(10-8-11)24(25)26/h7-10,15,19,22-23H,1-6H3/b19-16?,20-13+,21-14+/t15-/m0/s1. The van der Waals surface area contributed by atoms with Crippen LogP contribution in [0.1, 0.15) is 53.2 Å². The summed E-state index contributed by atoms with van der Waals surface area (Å²) in [5.74, 6) is -0.107. The van der Waals surface area contributed by atoms with E-state index in [2.05, 4.69) is 21.1 Å². The second-order valence-electron chi connectivity index (χ2n) is 8.36. The van der Waals surface area contributed by atoms with E-state index in [-0.39, 0.29) is 22.7 Å². The molecule has 1 aliphatic heterocycles. The Bertz CT molecular complexity index is 785. The summed E-state index contributed by atoms with van der Waals surface area (Å²) in [4.78, 5) is 10.4. The van der Waals surface area contributed by atoms with Gasteiger partial charge in [-0.05, 0) is 59.2 Å². The predicted molar refractivity (Wildman–Crippen MR) is 105 cm³/mol. The molecule has 27 heavy (non-hydrogen) atoms. The third-order valence-corrected chi connectivity index (χ3v) is 3.36. The Morgan fingerprint density at radius 2 is 1.56 bits per heavy atom. The van der Waals surface area contributed by atoms with Crippen molar-refractivity contribution in [3.8, 4) is 0 Å². The third-order valence-electron chi connectivity index (χ3n) is 3.36. The van der Waals surface area contributed by atoms with Gasteiger partial charge in [0, 0.05) is 23.2 Å². The number of rotatable bonds is 4. The van der Waals surface area contributed by atoms with Gasteiger partial charge < -0.3 is 15.6 Å². The molecule has 9 nitrogen and oxygen atoms in total. The second kappa shape index (κ2) is 7.34. The number of nitro benzene ring substituents is 1. The zero-order valence-corrected chi connectivity index (χ0v) is 16.5. The van der Waals surface area contributed by atoms with Crippen LogP contribution in [0.4, 0.5) is 5.69 Å². The Balaban J connectivity index is 2.43. The largest absolute Gasteiger partial charge is 0.461 e. The number of nitrogens with zero attached hydrogens (tertiary/aromatic N) is 3. The number of nitrogens with one attached hydrogen (secondary N) is 3. The highest BCUT2D eigenvalue weighted by Gasteiger charge is 2.38. The van der Waals surface area contributed by atoms with Gasteiger partial charge in [0.1, 0.15) is 5.71 Å². The number of hydrogen-bond acceptors (Lipinski definition) is 8. The Kier molecular flexibility index (Phi) is 5.53. The molecular formula is C18H26N6O3. The van der Waals surface area contributed by atoms with E-state index >= 15 is 0 Å². The molecule has 0 saturated carbocycles. The average molecular weight is 374 g/mol. The van der Waals surface area contributed by atoms with E-state index in [1.165, 1.54) is 12.1 Å². The first-order valence-corrected chi connectivity index (χ1v) is 8.57. The Hall–Kier alpha value is -2.97. The fourth-order valence-corrected chi connectivity index (χ4v) is 2.14. The Labute approximate surface area is 158 Å². The lowest BCUT2D eigenvalue weighted by atomic mass is 10.0. The molecule has 146 valence electrons. The first-order chi connectivity index (χ1) is 12.4. The molecule has 0 aromatic heterocycles. The topological polar surface area (TPSA) is 125 Å². The summed E-state index contributed by atoms with van der Waals surface area (Å²) >= 11 is 0. The highest BCUT2D eigenvalue weighted by atomic mass is 16.6. The van der Waals surface area contributed by atoms with Crippen molar-refractivity contribution in [1.29, 1.82) is 5.41 Å². The van der Waals surface area contributed by atoms with E-state index in [0.717, 1.165) is 0 Å². The molecule has 1 aliphatic rings. The first kappa shape index (κ1) is 20.3. The van der Waals surface area contributed by atoms with Crippen LogP contribution in [-0.2, 0) is 4.74 Å². The van der Waals surface area contributed by atoms with E-state index in [4.69, 9.17) is 10.1 Å². The highest BCUT2D eigenvalue weighted by molar-refractivity contribution is 6.69. The van der Waals surface area contributed by atoms with E-state index < -0.39 is 11.0 Å². The van der Waals surface area contributed by atoms with Crippen LogP contribution in [0.25, 0.3) is 0 Å². The minimum Gasteiger partial charge on any atom is -0.461 e. The smallest absolute Gasteiger partial charge is 0.269 e. The molecule has 0 unspecified atom stereocenters. The quantitative estimate of drug-likeness (QED) is 0.551. The van der Waals surface area contributed by atoms with E-state index in [1.807, 2.05) is 41.5 Å². The minimum absolute atomic E-state index is 0.0126. The van der Waals surface area contributed by atoms with Crippen LogP contribution >= 0.6 is 0 Å². The van der Waals surface area contributed by atoms with Gasteiger partial charge in [0.2, 0.25) is 5.90 Å². The summed E-state index contributed by atoms with van der Waals surface area (Å²) in [6.07, 6.45) is -0.673. The molecule has 0 amide bonds. The number of hydrogen-bond donors (Lipinski definition) is 3. The molecule has 3 N–H and O–H groups in total. The van der Waals surface area contributed by atoms with Gasteiger partial charge in [0.25, 0.3) is 5.69 Å². The monoisotopic (exact) mass is 374 g/mol. The summed E-state index contributed by atoms with van der Waals surface area (Å²) in [6, 6.07) is 6.00. The first-order valence-electron chi connectivity index (χ1n) is 8.57. The lowest BCUT2D eigenvalue weighted by molar-refractivity contribution is -0.384. The van der Waals surface area contributed by atoms with E-state index in [0.29, 0.717) is 17.0 Å². The number of non-ortho nitro benzene ring substituents is 1. The molecule has 0 spiro atoms. The van der Waals surface area contributed by atoms with E-state index in [9.17, 15) is 10.1 Å². The van der Waals surface area contributed by atoms with Gasteiger partial charge in [-0.1, -0.05) is 0 Å². The maximum atomic E-state index is 10.9. The molecule has 1 aromatic carbocycles. The van der Waals surface area contributed by atoms with Gasteiger partial charge in [0.15, 0.2) is 11.8 Å². The molecule has 9 heteroatoms. The van der Waals surface area contributed by atoms with Gasteiger partial charge in [0.05, 0.1) is 4.92 Å². The van der Waals surface area contributed by atoms with Crippen LogP contribution in [0.5, 0.6) is 0 Å². The minimum atomic E-state index is -0.673. The molecular weight excluding hydrogens is 348 g/mol. The normalized spacial score (nSPS) is 20.7. The second-order valence-corrected chi connectivity index (χ2v) is 8.36. The summed E-state index contributed by atoms with van der Waals surface area (Å²) in [6.45, 7) is 11.7. The van der Waals surface area contributed by atoms with Crippen molar-refractivity contribution >= 4 is 23.0 Å². The zero-order valence-electron chi connectivity index (χ0n) is 16.5. The lowest BCUT2D eigenvalue weighted by Gasteiger charge is -2.20. The summed E-state index contributed by atoms with van der Waals surface area (Å²) < 4.78 is 5.68. The highest BCUT2D eigenvalue weighted by Crippen LogP contribution is 2.28. The van der Waals surface area contributed by atoms with Crippen molar-refractivity contribution in [3.63, 3.8) is 0 Å². The number of nitro groups is 1. The van der Waals surface area contributed by atoms with Crippen molar-refractivity contribution < 1.29 is 9.66 Å². The summed E-state index contributed by atoms with van der Waals surface area (Å²) in [5, 5.41) is 27.8. The van der Waals surface area contributed by atoms with Crippen LogP contribution in [0.3, 0.4) is 0 Å². The molecule has 0 bridgehead atoms. The van der Waals surface area contributed by atoms with Crippen LogP contribution < -0.4 is 10.9 Å². The molecule has 2 rings (SSSR count). The fourth-order valence-electron chi connectivity index (χ4n) is 2.14. The maximum absolute atomic E-state index is 10.9. The van der Waals surface area contributed by atoms with E-state index in [1.54, 1.807) is 12.1 Å². The molecule has 0 radical (unpaired) electrons. The zero-order chi connectivity index (χ0) is 20.4. The molecule has 1 atom stereocenters.